The van der Waals surface area contributed by atoms with Crippen LogP contribution >= 0.6 is 27.5 Å². The van der Waals surface area contributed by atoms with Crippen molar-refractivity contribution in [3.63, 3.8) is 0 Å². The molecule has 3 nitrogen and oxygen atoms in total. The van der Waals surface area contributed by atoms with Gasteiger partial charge in [-0.15, -0.1) is 0 Å². The predicted molar refractivity (Wildman–Crippen MR) is 83.9 cm³/mol. The molecular formula is C15H14BrClN2O. The zero-order chi connectivity index (χ0) is 14.5. The van der Waals surface area contributed by atoms with Crippen LogP contribution in [0.3, 0.4) is 0 Å². The topological polar surface area (TPSA) is 42.0 Å². The fourth-order valence-electron chi connectivity index (χ4n) is 1.89. The Kier molecular flexibility index (Phi) is 5.15. The summed E-state index contributed by atoms with van der Waals surface area (Å²) in [6.07, 6.45) is 2.63. The molecule has 0 saturated carbocycles. The molecule has 0 bridgehead atoms. The lowest BCUT2D eigenvalue weighted by molar-refractivity contribution is 0.0949. The molecule has 0 aliphatic rings. The highest BCUT2D eigenvalue weighted by Crippen LogP contribution is 2.21. The van der Waals surface area contributed by atoms with Crippen LogP contribution in [0.5, 0.6) is 0 Å². The van der Waals surface area contributed by atoms with Crippen molar-refractivity contribution in [3.05, 3.63) is 62.8 Å². The van der Waals surface area contributed by atoms with Gasteiger partial charge >= 0.3 is 0 Å². The minimum absolute atomic E-state index is 0.152. The van der Waals surface area contributed by atoms with E-state index in [-0.39, 0.29) is 5.91 Å². The van der Waals surface area contributed by atoms with Gasteiger partial charge in [-0.25, -0.2) is 0 Å². The normalized spacial score (nSPS) is 10.3. The van der Waals surface area contributed by atoms with Gasteiger partial charge in [-0.05, 0) is 52.2 Å². The van der Waals surface area contributed by atoms with Crippen LogP contribution < -0.4 is 5.32 Å². The van der Waals surface area contributed by atoms with Crippen molar-refractivity contribution in [2.75, 3.05) is 0 Å². The predicted octanol–water partition coefficient (Wildman–Crippen LogP) is 3.99. The van der Waals surface area contributed by atoms with E-state index in [1.54, 1.807) is 24.4 Å². The molecule has 0 aliphatic heterocycles. The number of halogens is 2. The summed E-state index contributed by atoms with van der Waals surface area (Å²) < 4.78 is 0.680. The first-order valence-corrected chi connectivity index (χ1v) is 7.45. The van der Waals surface area contributed by atoms with Crippen molar-refractivity contribution in [1.82, 2.24) is 10.3 Å². The number of aryl methyl sites for hydroxylation is 1. The standard InChI is InChI=1S/C15H14BrClN2O/c1-2-10-4-3-7-18-14(10)9-19-15(20)12-6-5-11(17)8-13(12)16/h3-8H,2,9H2,1H3,(H,19,20). The third kappa shape index (κ3) is 3.58. The van der Waals surface area contributed by atoms with Crippen LogP contribution in [0.1, 0.15) is 28.5 Å². The Morgan fingerprint density at radius 2 is 2.20 bits per heavy atom. The van der Waals surface area contributed by atoms with Crippen LogP contribution in [-0.2, 0) is 13.0 Å². The number of benzene rings is 1. The molecule has 0 radical (unpaired) electrons. The average Bonchev–Trinajstić information content (AvgIpc) is 2.45. The van der Waals surface area contributed by atoms with Gasteiger partial charge in [0.2, 0.25) is 0 Å². The third-order valence-corrected chi connectivity index (χ3v) is 3.85. The minimum Gasteiger partial charge on any atom is -0.346 e. The quantitative estimate of drug-likeness (QED) is 0.903. The Labute approximate surface area is 131 Å². The van der Waals surface area contributed by atoms with Crippen LogP contribution in [0.2, 0.25) is 5.02 Å². The van der Waals surface area contributed by atoms with E-state index in [4.69, 9.17) is 11.6 Å². The summed E-state index contributed by atoms with van der Waals surface area (Å²) in [6.45, 7) is 2.48. The second kappa shape index (κ2) is 6.86. The lowest BCUT2D eigenvalue weighted by Gasteiger charge is -2.09. The van der Waals surface area contributed by atoms with Crippen molar-refractivity contribution in [2.45, 2.75) is 19.9 Å². The maximum Gasteiger partial charge on any atom is 0.252 e. The monoisotopic (exact) mass is 352 g/mol. The number of nitrogens with zero attached hydrogens (tertiary/aromatic N) is 1. The summed E-state index contributed by atoms with van der Waals surface area (Å²) in [6, 6.07) is 9.02. The number of pyridine rings is 1. The second-order valence-corrected chi connectivity index (χ2v) is 5.56. The van der Waals surface area contributed by atoms with Gasteiger partial charge in [0, 0.05) is 15.7 Å². The third-order valence-electron chi connectivity index (χ3n) is 2.96. The number of nitrogens with one attached hydrogen (secondary N) is 1. The maximum atomic E-state index is 12.1. The number of rotatable bonds is 4. The minimum atomic E-state index is -0.152. The van der Waals surface area contributed by atoms with E-state index in [0.29, 0.717) is 21.6 Å². The Hall–Kier alpha value is -1.39. The zero-order valence-corrected chi connectivity index (χ0v) is 13.3. The molecule has 0 unspecified atom stereocenters. The molecule has 1 amide bonds. The zero-order valence-electron chi connectivity index (χ0n) is 11.0. The van der Waals surface area contributed by atoms with Gasteiger partial charge in [0.25, 0.3) is 5.91 Å². The van der Waals surface area contributed by atoms with Crippen molar-refractivity contribution in [1.29, 1.82) is 0 Å². The van der Waals surface area contributed by atoms with E-state index in [9.17, 15) is 4.79 Å². The Balaban J connectivity index is 2.09. The second-order valence-electron chi connectivity index (χ2n) is 4.27. The summed E-state index contributed by atoms with van der Waals surface area (Å²) in [5, 5.41) is 3.47. The molecule has 0 aliphatic carbocycles. The summed E-state index contributed by atoms with van der Waals surface area (Å²) in [4.78, 5) is 16.4. The van der Waals surface area contributed by atoms with E-state index in [0.717, 1.165) is 17.7 Å². The van der Waals surface area contributed by atoms with Crippen LogP contribution in [0.25, 0.3) is 0 Å². The highest BCUT2D eigenvalue weighted by molar-refractivity contribution is 9.10. The van der Waals surface area contributed by atoms with Crippen LogP contribution in [-0.4, -0.2) is 10.9 Å². The smallest absolute Gasteiger partial charge is 0.252 e. The molecule has 2 aromatic rings. The molecule has 0 spiro atoms. The molecule has 1 aromatic carbocycles. The molecule has 20 heavy (non-hydrogen) atoms. The van der Waals surface area contributed by atoms with Crippen LogP contribution in [0.15, 0.2) is 41.0 Å². The Morgan fingerprint density at radius 1 is 1.40 bits per heavy atom. The lowest BCUT2D eigenvalue weighted by Crippen LogP contribution is -2.24. The molecular weight excluding hydrogens is 340 g/mol. The first kappa shape index (κ1) is 15.0. The largest absolute Gasteiger partial charge is 0.346 e. The van der Waals surface area contributed by atoms with Gasteiger partial charge in [-0.3, -0.25) is 9.78 Å². The first-order chi connectivity index (χ1) is 9.61. The van der Waals surface area contributed by atoms with Crippen LogP contribution in [0.4, 0.5) is 0 Å². The van der Waals surface area contributed by atoms with E-state index < -0.39 is 0 Å². The molecule has 1 heterocycles. The molecule has 0 atom stereocenters. The van der Waals surface area contributed by atoms with E-state index in [2.05, 4.69) is 33.2 Å². The number of carbonyl (C=O) groups is 1. The van der Waals surface area contributed by atoms with Gasteiger partial charge in [0.1, 0.15) is 0 Å². The van der Waals surface area contributed by atoms with E-state index >= 15 is 0 Å². The van der Waals surface area contributed by atoms with Crippen molar-refractivity contribution in [3.8, 4) is 0 Å². The SMILES string of the molecule is CCc1cccnc1CNC(=O)c1ccc(Cl)cc1Br. The fourth-order valence-corrected chi connectivity index (χ4v) is 2.75. The van der Waals surface area contributed by atoms with Gasteiger partial charge in [0.15, 0.2) is 0 Å². The maximum absolute atomic E-state index is 12.1. The average molecular weight is 354 g/mol. The Bertz CT molecular complexity index is 631. The first-order valence-electron chi connectivity index (χ1n) is 6.28. The number of amides is 1. The molecule has 1 N–H and O–H groups in total. The molecule has 104 valence electrons. The summed E-state index contributed by atoms with van der Waals surface area (Å²) in [5.74, 6) is -0.152. The van der Waals surface area contributed by atoms with E-state index in [1.807, 2.05) is 12.1 Å². The van der Waals surface area contributed by atoms with Crippen molar-refractivity contribution >= 4 is 33.4 Å². The van der Waals surface area contributed by atoms with Crippen molar-refractivity contribution in [2.24, 2.45) is 0 Å². The van der Waals surface area contributed by atoms with Gasteiger partial charge < -0.3 is 5.32 Å². The van der Waals surface area contributed by atoms with Gasteiger partial charge in [0.05, 0.1) is 17.8 Å². The molecule has 2 rings (SSSR count). The van der Waals surface area contributed by atoms with Gasteiger partial charge in [-0.1, -0.05) is 24.6 Å². The molecule has 0 saturated heterocycles. The highest BCUT2D eigenvalue weighted by atomic mass is 79.9. The Morgan fingerprint density at radius 3 is 2.90 bits per heavy atom. The summed E-state index contributed by atoms with van der Waals surface area (Å²) in [7, 11) is 0. The summed E-state index contributed by atoms with van der Waals surface area (Å²) in [5.41, 5.74) is 2.60. The molecule has 0 fully saturated rings. The fraction of sp³-hybridized carbons (Fsp3) is 0.200. The summed E-state index contributed by atoms with van der Waals surface area (Å²) >= 11 is 9.20. The number of aromatic nitrogens is 1. The molecule has 5 heteroatoms. The highest BCUT2D eigenvalue weighted by Gasteiger charge is 2.11. The number of hydrogen-bond donors (Lipinski definition) is 1. The van der Waals surface area contributed by atoms with Crippen LogP contribution in [0, 0.1) is 0 Å². The van der Waals surface area contributed by atoms with Crippen molar-refractivity contribution < 1.29 is 4.79 Å². The lowest BCUT2D eigenvalue weighted by atomic mass is 10.1. The number of carbonyl (C=O) groups excluding carboxylic acids is 1. The number of hydrogen-bond acceptors (Lipinski definition) is 2. The van der Waals surface area contributed by atoms with Gasteiger partial charge in [-0.2, -0.15) is 0 Å². The van der Waals surface area contributed by atoms with E-state index in [1.165, 1.54) is 0 Å². The molecule has 1 aromatic heterocycles.